The number of amides is 3. The third-order valence-electron chi connectivity index (χ3n) is 6.09. The highest BCUT2D eigenvalue weighted by molar-refractivity contribution is 6.05. The van der Waals surface area contributed by atoms with Gasteiger partial charge in [-0.25, -0.2) is 9.07 Å². The minimum absolute atomic E-state index is 0.250. The first-order valence-corrected chi connectivity index (χ1v) is 10.4. The highest BCUT2D eigenvalue weighted by atomic mass is 19.1. The predicted molar refractivity (Wildman–Crippen MR) is 117 cm³/mol. The number of benzene rings is 2. The van der Waals surface area contributed by atoms with Crippen molar-refractivity contribution in [1.82, 2.24) is 15.1 Å². The summed E-state index contributed by atoms with van der Waals surface area (Å²) in [6.07, 6.45) is 2.80. The molecule has 1 aromatic heterocycles. The molecule has 7 nitrogen and oxygen atoms in total. The number of nitrogens with zero attached hydrogens (tertiary/aromatic N) is 2. The van der Waals surface area contributed by atoms with E-state index < -0.39 is 5.41 Å². The molecule has 2 N–H and O–H groups in total. The number of carbonyl (C=O) groups is 3. The molecule has 3 amide bonds. The van der Waals surface area contributed by atoms with Crippen LogP contribution in [0.3, 0.4) is 0 Å². The Hall–Kier alpha value is -3.81. The molecule has 1 aliphatic heterocycles. The quantitative estimate of drug-likeness (QED) is 0.600. The van der Waals surface area contributed by atoms with Crippen LogP contribution < -0.4 is 10.6 Å². The lowest BCUT2D eigenvalue weighted by molar-refractivity contribution is -0.138. The van der Waals surface area contributed by atoms with Crippen LogP contribution in [0.15, 0.2) is 54.7 Å². The largest absolute Gasteiger partial charge is 0.322 e. The number of hydrogen-bond acceptors (Lipinski definition) is 4. The fraction of sp³-hybridized carbons (Fsp3) is 0.250. The van der Waals surface area contributed by atoms with E-state index in [4.69, 9.17) is 0 Å². The fourth-order valence-corrected chi connectivity index (χ4v) is 4.11. The van der Waals surface area contributed by atoms with Gasteiger partial charge in [-0.1, -0.05) is 19.1 Å². The zero-order valence-electron chi connectivity index (χ0n) is 17.8. The molecule has 2 aromatic carbocycles. The topological polar surface area (TPSA) is 93.1 Å². The van der Waals surface area contributed by atoms with E-state index in [9.17, 15) is 18.8 Å². The van der Waals surface area contributed by atoms with Gasteiger partial charge in [0.2, 0.25) is 11.8 Å². The lowest BCUT2D eigenvalue weighted by Gasteiger charge is -2.35. The van der Waals surface area contributed by atoms with E-state index in [0.717, 1.165) is 5.56 Å². The Morgan fingerprint density at radius 3 is 2.47 bits per heavy atom. The van der Waals surface area contributed by atoms with Gasteiger partial charge < -0.3 is 5.32 Å². The molecule has 0 aliphatic carbocycles. The van der Waals surface area contributed by atoms with Crippen molar-refractivity contribution in [3.63, 3.8) is 0 Å². The van der Waals surface area contributed by atoms with Gasteiger partial charge >= 0.3 is 0 Å². The molecule has 0 spiro atoms. The van der Waals surface area contributed by atoms with E-state index in [0.29, 0.717) is 41.9 Å². The highest BCUT2D eigenvalue weighted by Crippen LogP contribution is 2.36. The molecule has 4 rings (SSSR count). The van der Waals surface area contributed by atoms with Crippen LogP contribution in [0.4, 0.5) is 10.1 Å². The van der Waals surface area contributed by atoms with Gasteiger partial charge in [-0.3, -0.25) is 19.7 Å². The predicted octanol–water partition coefficient (Wildman–Crippen LogP) is 3.66. The number of anilines is 1. The monoisotopic (exact) mass is 434 g/mol. The number of halogens is 1. The van der Waals surface area contributed by atoms with Crippen LogP contribution in [-0.2, 0) is 15.0 Å². The smallest absolute Gasteiger partial charge is 0.259 e. The van der Waals surface area contributed by atoms with Crippen LogP contribution in [-0.4, -0.2) is 27.5 Å². The average molecular weight is 434 g/mol. The second-order valence-corrected chi connectivity index (χ2v) is 7.88. The maximum Gasteiger partial charge on any atom is 0.259 e. The number of hydrogen-bond donors (Lipinski definition) is 2. The van der Waals surface area contributed by atoms with Crippen LogP contribution in [0.2, 0.25) is 0 Å². The van der Waals surface area contributed by atoms with E-state index in [2.05, 4.69) is 15.7 Å². The third-order valence-corrected chi connectivity index (χ3v) is 6.09. The van der Waals surface area contributed by atoms with Crippen molar-refractivity contribution in [1.29, 1.82) is 0 Å². The second kappa shape index (κ2) is 8.37. The lowest BCUT2D eigenvalue weighted by atomic mass is 9.72. The Morgan fingerprint density at radius 1 is 1.16 bits per heavy atom. The molecule has 8 heteroatoms. The zero-order chi connectivity index (χ0) is 22.9. The van der Waals surface area contributed by atoms with Crippen LogP contribution in [0.5, 0.6) is 0 Å². The van der Waals surface area contributed by atoms with Crippen molar-refractivity contribution in [2.45, 2.75) is 38.5 Å². The van der Waals surface area contributed by atoms with Crippen molar-refractivity contribution >= 4 is 23.4 Å². The summed E-state index contributed by atoms with van der Waals surface area (Å²) in [6, 6.07) is 13.0. The van der Waals surface area contributed by atoms with Gasteiger partial charge in [0.1, 0.15) is 5.82 Å². The molecule has 1 aliphatic rings. The molecule has 1 atom stereocenters. The number of rotatable bonds is 5. The first-order valence-electron chi connectivity index (χ1n) is 10.4. The fourth-order valence-electron chi connectivity index (χ4n) is 4.11. The molecule has 0 radical (unpaired) electrons. The van der Waals surface area contributed by atoms with Crippen molar-refractivity contribution in [3.8, 4) is 5.69 Å². The molecule has 2 heterocycles. The summed E-state index contributed by atoms with van der Waals surface area (Å²) < 4.78 is 14.8. The zero-order valence-corrected chi connectivity index (χ0v) is 17.8. The number of aromatic nitrogens is 2. The van der Waals surface area contributed by atoms with E-state index in [1.165, 1.54) is 18.3 Å². The van der Waals surface area contributed by atoms with Gasteiger partial charge in [0.15, 0.2) is 0 Å². The summed E-state index contributed by atoms with van der Waals surface area (Å²) in [7, 11) is 0. The normalized spacial score (nSPS) is 18.3. The molecule has 32 heavy (non-hydrogen) atoms. The summed E-state index contributed by atoms with van der Waals surface area (Å²) in [6.45, 7) is 3.69. The van der Waals surface area contributed by atoms with E-state index >= 15 is 0 Å². The summed E-state index contributed by atoms with van der Waals surface area (Å²) in [4.78, 5) is 36.9. The minimum Gasteiger partial charge on any atom is -0.322 e. The Kier molecular flexibility index (Phi) is 5.61. The Morgan fingerprint density at radius 2 is 1.84 bits per heavy atom. The Balaban J connectivity index is 1.52. The maximum absolute atomic E-state index is 13.2. The molecule has 1 saturated heterocycles. The minimum atomic E-state index is -0.747. The van der Waals surface area contributed by atoms with Crippen LogP contribution in [0, 0.1) is 12.7 Å². The van der Waals surface area contributed by atoms with Gasteiger partial charge in [-0.05, 0) is 61.7 Å². The Labute approximate surface area is 184 Å². The van der Waals surface area contributed by atoms with Gasteiger partial charge in [0.25, 0.3) is 5.91 Å². The summed E-state index contributed by atoms with van der Waals surface area (Å²) in [5, 5.41) is 9.53. The van der Waals surface area contributed by atoms with Gasteiger partial charge in [0.05, 0.1) is 28.6 Å². The molecular formula is C24H23FN4O3. The van der Waals surface area contributed by atoms with E-state index in [1.54, 1.807) is 35.9 Å². The molecular weight excluding hydrogens is 411 g/mol. The van der Waals surface area contributed by atoms with Crippen molar-refractivity contribution in [3.05, 3.63) is 77.4 Å². The van der Waals surface area contributed by atoms with Crippen molar-refractivity contribution in [2.75, 3.05) is 5.32 Å². The van der Waals surface area contributed by atoms with Crippen LogP contribution in [0.1, 0.15) is 47.8 Å². The summed E-state index contributed by atoms with van der Waals surface area (Å²) in [5.74, 6) is -1.20. The van der Waals surface area contributed by atoms with Crippen LogP contribution in [0.25, 0.3) is 5.69 Å². The second-order valence-electron chi connectivity index (χ2n) is 7.88. The molecule has 0 unspecified atom stereocenters. The van der Waals surface area contributed by atoms with Gasteiger partial charge in [-0.2, -0.15) is 5.10 Å². The number of imide groups is 1. The molecule has 0 saturated carbocycles. The summed E-state index contributed by atoms with van der Waals surface area (Å²) >= 11 is 0. The third kappa shape index (κ3) is 3.79. The van der Waals surface area contributed by atoms with E-state index in [-0.39, 0.29) is 23.5 Å². The molecule has 3 aromatic rings. The SMILES string of the molecule is CC[C@@]1(c2ccc(NC(=O)c3cnn(-c4ccc(F)cc4)c3C)cc2)CCC(=O)NC1=O. The molecule has 1 fully saturated rings. The maximum atomic E-state index is 13.2. The highest BCUT2D eigenvalue weighted by Gasteiger charge is 2.42. The molecule has 0 bridgehead atoms. The summed E-state index contributed by atoms with van der Waals surface area (Å²) in [5.41, 5.74) is 2.31. The van der Waals surface area contributed by atoms with Crippen molar-refractivity contribution < 1.29 is 18.8 Å². The van der Waals surface area contributed by atoms with Gasteiger partial charge in [-0.15, -0.1) is 0 Å². The lowest BCUT2D eigenvalue weighted by Crippen LogP contribution is -2.51. The van der Waals surface area contributed by atoms with Gasteiger partial charge in [0, 0.05) is 12.1 Å². The average Bonchev–Trinajstić information content (AvgIpc) is 3.17. The standard InChI is InChI=1S/C24H23FN4O3/c1-3-24(13-12-21(30)28-23(24)32)16-4-8-18(9-5-16)27-22(31)20-14-26-29(15(20)2)19-10-6-17(25)7-11-19/h4-11,14H,3,12-13H2,1-2H3,(H,27,31)(H,28,30,32)/t24-/m0/s1. The van der Waals surface area contributed by atoms with Crippen LogP contribution >= 0.6 is 0 Å². The number of nitrogens with one attached hydrogen (secondary N) is 2. The Bertz CT molecular complexity index is 1180. The first kappa shape index (κ1) is 21.4. The van der Waals surface area contributed by atoms with Crippen molar-refractivity contribution in [2.24, 2.45) is 0 Å². The molecule has 164 valence electrons. The van der Waals surface area contributed by atoms with E-state index in [1.807, 2.05) is 19.1 Å². The number of carbonyl (C=O) groups excluding carboxylic acids is 3. The number of piperidine rings is 1. The first-order chi connectivity index (χ1) is 15.3.